The fourth-order valence-electron chi connectivity index (χ4n) is 1.69. The first-order valence-corrected chi connectivity index (χ1v) is 7.31. The molecule has 19 heavy (non-hydrogen) atoms. The van der Waals surface area contributed by atoms with Crippen LogP contribution in [0.4, 0.5) is 5.69 Å². The molecule has 101 valence electrons. The zero-order chi connectivity index (χ0) is 14.2. The Balaban J connectivity index is 2.40. The van der Waals surface area contributed by atoms with Crippen LogP contribution >= 0.6 is 11.6 Å². The summed E-state index contributed by atoms with van der Waals surface area (Å²) in [6, 6.07) is 6.71. The number of nitrogens with zero attached hydrogens (tertiary/aromatic N) is 2. The normalized spacial score (nSPS) is 11.6. The Labute approximate surface area is 117 Å². The van der Waals surface area contributed by atoms with E-state index in [9.17, 15) is 8.42 Å². The van der Waals surface area contributed by atoms with Crippen molar-refractivity contribution in [3.63, 3.8) is 0 Å². The molecular weight excluding hydrogens is 286 g/mol. The molecule has 2 rings (SSSR count). The van der Waals surface area contributed by atoms with Crippen LogP contribution in [0.5, 0.6) is 0 Å². The smallest absolute Gasteiger partial charge is 0.266 e. The number of anilines is 1. The first kappa shape index (κ1) is 13.9. The third-order valence-corrected chi connectivity index (χ3v) is 4.65. The quantitative estimate of drug-likeness (QED) is 0.946. The van der Waals surface area contributed by atoms with Crippen molar-refractivity contribution in [2.75, 3.05) is 4.72 Å². The standard InChI is InChI=1S/C12H13ClN3O2S/c1-8-4-6-10(7-5-8)15-19(17,18)11-9(2)14-16(3)12(11)13/h4-7,15H,1H2,2-3H3. The number of rotatable bonds is 3. The summed E-state index contributed by atoms with van der Waals surface area (Å²) < 4.78 is 28.3. The summed E-state index contributed by atoms with van der Waals surface area (Å²) in [6.45, 7) is 5.33. The zero-order valence-corrected chi connectivity index (χ0v) is 12.1. The highest BCUT2D eigenvalue weighted by atomic mass is 35.5. The van der Waals surface area contributed by atoms with Crippen molar-refractivity contribution in [3.8, 4) is 0 Å². The van der Waals surface area contributed by atoms with Crippen molar-refractivity contribution < 1.29 is 8.42 Å². The summed E-state index contributed by atoms with van der Waals surface area (Å²) >= 11 is 5.96. The highest BCUT2D eigenvalue weighted by Gasteiger charge is 2.25. The molecule has 0 unspecified atom stereocenters. The van der Waals surface area contributed by atoms with E-state index in [1.54, 1.807) is 38.2 Å². The van der Waals surface area contributed by atoms with E-state index in [0.717, 1.165) is 5.56 Å². The van der Waals surface area contributed by atoms with Gasteiger partial charge in [0.2, 0.25) is 0 Å². The van der Waals surface area contributed by atoms with Crippen molar-refractivity contribution >= 4 is 27.3 Å². The first-order valence-electron chi connectivity index (χ1n) is 5.45. The molecule has 0 spiro atoms. The molecule has 5 nitrogen and oxygen atoms in total. The van der Waals surface area contributed by atoms with Crippen molar-refractivity contribution in [1.29, 1.82) is 0 Å². The number of hydrogen-bond acceptors (Lipinski definition) is 3. The van der Waals surface area contributed by atoms with Gasteiger partial charge in [-0.1, -0.05) is 23.7 Å². The van der Waals surface area contributed by atoms with Crippen LogP contribution in [0.1, 0.15) is 11.3 Å². The van der Waals surface area contributed by atoms with Gasteiger partial charge in [0, 0.05) is 12.7 Å². The summed E-state index contributed by atoms with van der Waals surface area (Å²) in [4.78, 5) is -0.00429. The predicted molar refractivity (Wildman–Crippen MR) is 74.7 cm³/mol. The fraction of sp³-hybridized carbons (Fsp3) is 0.167. The third-order valence-electron chi connectivity index (χ3n) is 2.57. The van der Waals surface area contributed by atoms with E-state index in [4.69, 9.17) is 11.6 Å². The van der Waals surface area contributed by atoms with Gasteiger partial charge in [-0.2, -0.15) is 5.10 Å². The van der Waals surface area contributed by atoms with E-state index in [0.29, 0.717) is 11.4 Å². The molecule has 0 aliphatic carbocycles. The Kier molecular flexibility index (Phi) is 3.56. The monoisotopic (exact) mass is 298 g/mol. The molecule has 0 bridgehead atoms. The summed E-state index contributed by atoms with van der Waals surface area (Å²) in [7, 11) is -2.16. The minimum Gasteiger partial charge on any atom is -0.279 e. The second-order valence-electron chi connectivity index (χ2n) is 4.13. The highest BCUT2D eigenvalue weighted by molar-refractivity contribution is 7.92. The first-order chi connectivity index (χ1) is 8.81. The van der Waals surface area contributed by atoms with Crippen LogP contribution in [0.25, 0.3) is 0 Å². The van der Waals surface area contributed by atoms with Crippen LogP contribution in [0.15, 0.2) is 29.2 Å². The number of aromatic nitrogens is 2. The lowest BCUT2D eigenvalue weighted by Gasteiger charge is -2.08. The van der Waals surface area contributed by atoms with Crippen LogP contribution in [-0.4, -0.2) is 18.2 Å². The maximum atomic E-state index is 12.3. The van der Waals surface area contributed by atoms with Gasteiger partial charge in [0.15, 0.2) is 0 Å². The molecule has 7 heteroatoms. The maximum Gasteiger partial charge on any atom is 0.266 e. The number of sulfonamides is 1. The van der Waals surface area contributed by atoms with E-state index in [2.05, 4.69) is 16.7 Å². The summed E-state index contributed by atoms with van der Waals surface area (Å²) in [5.41, 5.74) is 1.61. The minimum atomic E-state index is -3.75. The van der Waals surface area contributed by atoms with Crippen LogP contribution in [0.2, 0.25) is 5.15 Å². The fourth-order valence-corrected chi connectivity index (χ4v) is 3.51. The van der Waals surface area contributed by atoms with E-state index in [1.165, 1.54) is 4.68 Å². The lowest BCUT2D eigenvalue weighted by Crippen LogP contribution is -2.14. The van der Waals surface area contributed by atoms with Crippen LogP contribution in [0, 0.1) is 13.8 Å². The van der Waals surface area contributed by atoms with E-state index in [1.807, 2.05) is 0 Å². The lowest BCUT2D eigenvalue weighted by atomic mass is 10.2. The third kappa shape index (κ3) is 2.74. The van der Waals surface area contributed by atoms with Crippen LogP contribution in [0.3, 0.4) is 0 Å². The molecule has 1 aromatic heterocycles. The van der Waals surface area contributed by atoms with Gasteiger partial charge < -0.3 is 0 Å². The Morgan fingerprint density at radius 2 is 1.89 bits per heavy atom. The van der Waals surface area contributed by atoms with Gasteiger partial charge in [0.05, 0.1) is 5.69 Å². The second kappa shape index (κ2) is 4.86. The number of benzene rings is 1. The van der Waals surface area contributed by atoms with Gasteiger partial charge in [0.1, 0.15) is 10.0 Å². The molecule has 1 aromatic carbocycles. The van der Waals surface area contributed by atoms with Gasteiger partial charge in [-0.15, -0.1) is 0 Å². The molecule has 2 aromatic rings. The topological polar surface area (TPSA) is 64.0 Å². The molecule has 1 N–H and O–H groups in total. The molecule has 1 heterocycles. The maximum absolute atomic E-state index is 12.3. The molecule has 0 amide bonds. The minimum absolute atomic E-state index is 0.00429. The molecule has 1 radical (unpaired) electrons. The summed E-state index contributed by atoms with van der Waals surface area (Å²) in [6.07, 6.45) is 0. The van der Waals surface area contributed by atoms with Crippen LogP contribution in [-0.2, 0) is 17.1 Å². The Morgan fingerprint density at radius 3 is 2.37 bits per heavy atom. The number of hydrogen-bond donors (Lipinski definition) is 1. The van der Waals surface area contributed by atoms with Crippen molar-refractivity contribution in [1.82, 2.24) is 9.78 Å². The van der Waals surface area contributed by atoms with E-state index < -0.39 is 10.0 Å². The van der Waals surface area contributed by atoms with E-state index >= 15 is 0 Å². The van der Waals surface area contributed by atoms with Gasteiger partial charge in [-0.25, -0.2) is 8.42 Å². The number of aryl methyl sites for hydroxylation is 2. The highest BCUT2D eigenvalue weighted by Crippen LogP contribution is 2.26. The average molecular weight is 299 g/mol. The van der Waals surface area contributed by atoms with Gasteiger partial charge in [-0.3, -0.25) is 9.40 Å². The molecule has 0 aliphatic heterocycles. The predicted octanol–water partition coefficient (Wildman–Crippen LogP) is 2.36. The van der Waals surface area contributed by atoms with Crippen LogP contribution < -0.4 is 4.72 Å². The molecular formula is C12H13ClN3O2S. The average Bonchev–Trinajstić information content (AvgIpc) is 2.56. The van der Waals surface area contributed by atoms with Gasteiger partial charge >= 0.3 is 0 Å². The van der Waals surface area contributed by atoms with Gasteiger partial charge in [0.25, 0.3) is 10.0 Å². The molecule has 0 saturated carbocycles. The second-order valence-corrected chi connectivity index (χ2v) is 6.11. The zero-order valence-electron chi connectivity index (χ0n) is 10.5. The number of nitrogens with one attached hydrogen (secondary N) is 1. The lowest BCUT2D eigenvalue weighted by molar-refractivity contribution is 0.600. The molecule has 0 saturated heterocycles. The number of halogens is 1. The van der Waals surface area contributed by atoms with Crippen molar-refractivity contribution in [2.45, 2.75) is 11.8 Å². The van der Waals surface area contributed by atoms with Crippen molar-refractivity contribution in [2.24, 2.45) is 7.05 Å². The largest absolute Gasteiger partial charge is 0.279 e. The Bertz CT molecular complexity index is 705. The summed E-state index contributed by atoms with van der Waals surface area (Å²) in [5, 5.41) is 4.07. The summed E-state index contributed by atoms with van der Waals surface area (Å²) in [5.74, 6) is 0. The molecule has 0 fully saturated rings. The molecule has 0 atom stereocenters. The molecule has 0 aliphatic rings. The SMILES string of the molecule is [CH2]c1ccc(NS(=O)(=O)c2c(C)nn(C)c2Cl)cc1. The van der Waals surface area contributed by atoms with Crippen molar-refractivity contribution in [3.05, 3.63) is 47.6 Å². The van der Waals surface area contributed by atoms with E-state index in [-0.39, 0.29) is 10.0 Å². The Morgan fingerprint density at radius 1 is 1.32 bits per heavy atom. The Hall–Kier alpha value is -1.53. The van der Waals surface area contributed by atoms with Gasteiger partial charge in [-0.05, 0) is 31.5 Å².